The molecule has 0 saturated carbocycles. The molecular formula is C21H23N5O2. The minimum Gasteiger partial charge on any atom is -0.394 e. The van der Waals surface area contributed by atoms with Gasteiger partial charge in [-0.1, -0.05) is 30.3 Å². The van der Waals surface area contributed by atoms with E-state index in [1.165, 1.54) is 0 Å². The Hall–Kier alpha value is -3.19. The van der Waals surface area contributed by atoms with Crippen molar-refractivity contribution in [3.05, 3.63) is 54.5 Å². The van der Waals surface area contributed by atoms with Crippen LogP contribution in [0.3, 0.4) is 0 Å². The largest absolute Gasteiger partial charge is 0.394 e. The Labute approximate surface area is 163 Å². The maximum absolute atomic E-state index is 13.0. The van der Waals surface area contributed by atoms with Crippen molar-refractivity contribution in [2.75, 3.05) is 18.9 Å². The highest BCUT2D eigenvalue weighted by atomic mass is 16.3. The molecule has 2 aromatic heterocycles. The van der Waals surface area contributed by atoms with Crippen molar-refractivity contribution in [1.82, 2.24) is 19.9 Å². The Morgan fingerprint density at radius 1 is 1.25 bits per heavy atom. The van der Waals surface area contributed by atoms with Crippen LogP contribution in [0.4, 0.5) is 5.95 Å². The molecule has 7 nitrogen and oxygen atoms in total. The summed E-state index contributed by atoms with van der Waals surface area (Å²) < 4.78 is 0. The molecule has 1 amide bonds. The van der Waals surface area contributed by atoms with Gasteiger partial charge < -0.3 is 20.7 Å². The third-order valence-electron chi connectivity index (χ3n) is 5.18. The van der Waals surface area contributed by atoms with Gasteiger partial charge in [0.05, 0.1) is 18.3 Å². The summed E-state index contributed by atoms with van der Waals surface area (Å²) in [5.41, 5.74) is 9.57. The number of aromatic amines is 1. The summed E-state index contributed by atoms with van der Waals surface area (Å²) >= 11 is 0. The zero-order valence-electron chi connectivity index (χ0n) is 15.5. The highest BCUT2D eigenvalue weighted by Gasteiger charge is 2.28. The van der Waals surface area contributed by atoms with Crippen molar-refractivity contribution < 1.29 is 9.90 Å². The van der Waals surface area contributed by atoms with E-state index < -0.39 is 0 Å². The number of H-pyrrole nitrogens is 1. The number of hydrogen-bond donors (Lipinski definition) is 3. The fourth-order valence-electron chi connectivity index (χ4n) is 3.71. The second-order valence-electron chi connectivity index (χ2n) is 6.99. The van der Waals surface area contributed by atoms with Crippen molar-refractivity contribution in [1.29, 1.82) is 0 Å². The third kappa shape index (κ3) is 3.48. The van der Waals surface area contributed by atoms with Gasteiger partial charge in [0.15, 0.2) is 0 Å². The lowest BCUT2D eigenvalue weighted by molar-refractivity contribution is 0.0498. The van der Waals surface area contributed by atoms with E-state index in [0.29, 0.717) is 17.9 Å². The number of piperidine rings is 1. The van der Waals surface area contributed by atoms with Crippen LogP contribution in [0, 0.1) is 0 Å². The number of amides is 1. The molecule has 1 fully saturated rings. The zero-order chi connectivity index (χ0) is 19.5. The number of aliphatic hydroxyl groups is 1. The number of hydrogen-bond acceptors (Lipinski definition) is 5. The lowest BCUT2D eigenvalue weighted by Gasteiger charge is -2.34. The lowest BCUT2D eigenvalue weighted by atomic mass is 10.0. The molecule has 1 aliphatic rings. The van der Waals surface area contributed by atoms with Crippen LogP contribution in [0.25, 0.3) is 22.4 Å². The first kappa shape index (κ1) is 18.2. The van der Waals surface area contributed by atoms with E-state index in [9.17, 15) is 9.90 Å². The molecule has 1 aromatic carbocycles. The maximum atomic E-state index is 13.0. The second kappa shape index (κ2) is 7.82. The monoisotopic (exact) mass is 377 g/mol. The molecule has 28 heavy (non-hydrogen) atoms. The summed E-state index contributed by atoms with van der Waals surface area (Å²) in [5, 5.41) is 9.60. The van der Waals surface area contributed by atoms with Gasteiger partial charge in [0.2, 0.25) is 5.95 Å². The standard InChI is InChI=1S/C21H23N5O2/c22-21-24-12-17(14-6-2-1-3-7-14)19(25-21)15-10-18(23-11-15)20(28)26-9-5-4-8-16(26)13-27/h1-3,6-7,10-12,16,23,27H,4-5,8-9,13H2,(H2,22,24,25). The van der Waals surface area contributed by atoms with Gasteiger partial charge in [0.1, 0.15) is 5.69 Å². The summed E-state index contributed by atoms with van der Waals surface area (Å²) in [6.07, 6.45) is 6.28. The summed E-state index contributed by atoms with van der Waals surface area (Å²) in [6.45, 7) is 0.647. The molecule has 3 heterocycles. The van der Waals surface area contributed by atoms with Crippen LogP contribution in [-0.2, 0) is 0 Å². The van der Waals surface area contributed by atoms with Crippen LogP contribution >= 0.6 is 0 Å². The minimum atomic E-state index is -0.123. The number of anilines is 1. The van der Waals surface area contributed by atoms with Crippen molar-refractivity contribution in [3.8, 4) is 22.4 Å². The molecule has 1 unspecified atom stereocenters. The van der Waals surface area contributed by atoms with E-state index >= 15 is 0 Å². The van der Waals surface area contributed by atoms with Gasteiger partial charge in [0.25, 0.3) is 5.91 Å². The van der Waals surface area contributed by atoms with Crippen molar-refractivity contribution in [3.63, 3.8) is 0 Å². The van der Waals surface area contributed by atoms with Crippen LogP contribution < -0.4 is 5.73 Å². The Morgan fingerprint density at radius 3 is 2.86 bits per heavy atom. The highest BCUT2D eigenvalue weighted by molar-refractivity contribution is 5.95. The maximum Gasteiger partial charge on any atom is 0.270 e. The van der Waals surface area contributed by atoms with Crippen LogP contribution in [0.1, 0.15) is 29.8 Å². The Bertz CT molecular complexity index is 970. The molecule has 0 spiro atoms. The van der Waals surface area contributed by atoms with E-state index in [4.69, 9.17) is 5.73 Å². The number of nitrogens with one attached hydrogen (secondary N) is 1. The van der Waals surface area contributed by atoms with E-state index in [-0.39, 0.29) is 24.5 Å². The summed E-state index contributed by atoms with van der Waals surface area (Å²) in [6, 6.07) is 11.5. The highest BCUT2D eigenvalue weighted by Crippen LogP contribution is 2.31. The summed E-state index contributed by atoms with van der Waals surface area (Å²) in [7, 11) is 0. The number of likely N-dealkylation sites (tertiary alicyclic amines) is 1. The first-order valence-corrected chi connectivity index (χ1v) is 9.46. The molecule has 0 aliphatic carbocycles. The molecule has 1 saturated heterocycles. The molecule has 1 atom stereocenters. The molecule has 4 N–H and O–H groups in total. The van der Waals surface area contributed by atoms with E-state index in [1.807, 2.05) is 30.3 Å². The fraction of sp³-hybridized carbons (Fsp3) is 0.286. The van der Waals surface area contributed by atoms with Gasteiger partial charge >= 0.3 is 0 Å². The first-order valence-electron chi connectivity index (χ1n) is 9.46. The van der Waals surface area contributed by atoms with Crippen LogP contribution in [0.15, 0.2) is 48.8 Å². The molecule has 144 valence electrons. The van der Waals surface area contributed by atoms with E-state index in [1.54, 1.807) is 23.4 Å². The van der Waals surface area contributed by atoms with Gasteiger partial charge in [-0.25, -0.2) is 9.97 Å². The molecule has 3 aromatic rings. The average molecular weight is 377 g/mol. The molecule has 0 radical (unpaired) electrons. The predicted octanol–water partition coefficient (Wildman–Crippen LogP) is 2.71. The number of carbonyl (C=O) groups is 1. The van der Waals surface area contributed by atoms with Crippen molar-refractivity contribution in [2.45, 2.75) is 25.3 Å². The van der Waals surface area contributed by atoms with E-state index in [0.717, 1.165) is 36.0 Å². The second-order valence-corrected chi connectivity index (χ2v) is 6.99. The lowest BCUT2D eigenvalue weighted by Crippen LogP contribution is -2.45. The number of aliphatic hydroxyl groups excluding tert-OH is 1. The zero-order valence-corrected chi connectivity index (χ0v) is 15.5. The van der Waals surface area contributed by atoms with Crippen molar-refractivity contribution in [2.24, 2.45) is 0 Å². The first-order chi connectivity index (χ1) is 13.7. The number of rotatable bonds is 4. The summed E-state index contributed by atoms with van der Waals surface area (Å²) in [5.74, 6) is 0.0772. The number of aromatic nitrogens is 3. The molecule has 4 rings (SSSR count). The smallest absolute Gasteiger partial charge is 0.270 e. The average Bonchev–Trinajstić information content (AvgIpc) is 3.24. The molecule has 0 bridgehead atoms. The number of carbonyl (C=O) groups excluding carboxylic acids is 1. The molecule has 1 aliphatic heterocycles. The van der Waals surface area contributed by atoms with Crippen LogP contribution in [0.2, 0.25) is 0 Å². The van der Waals surface area contributed by atoms with Crippen LogP contribution in [0.5, 0.6) is 0 Å². The summed E-state index contributed by atoms with van der Waals surface area (Å²) in [4.78, 5) is 26.3. The van der Waals surface area contributed by atoms with E-state index in [2.05, 4.69) is 15.0 Å². The Morgan fingerprint density at radius 2 is 2.07 bits per heavy atom. The molecular weight excluding hydrogens is 354 g/mol. The predicted molar refractivity (Wildman–Crippen MR) is 107 cm³/mol. The third-order valence-corrected chi connectivity index (χ3v) is 5.18. The van der Waals surface area contributed by atoms with Gasteiger partial charge in [-0.3, -0.25) is 4.79 Å². The molecule has 7 heteroatoms. The van der Waals surface area contributed by atoms with Crippen LogP contribution in [-0.4, -0.2) is 50.1 Å². The Balaban J connectivity index is 1.68. The quantitative estimate of drug-likeness (QED) is 0.648. The fourth-order valence-corrected chi connectivity index (χ4v) is 3.71. The van der Waals surface area contributed by atoms with Gasteiger partial charge in [-0.05, 0) is 30.9 Å². The normalized spacial score (nSPS) is 16.9. The van der Waals surface area contributed by atoms with Gasteiger partial charge in [0, 0.05) is 30.1 Å². The number of benzene rings is 1. The number of nitrogen functional groups attached to an aromatic ring is 1. The SMILES string of the molecule is Nc1ncc(-c2ccccc2)c(-c2c[nH]c(C(=O)N3CCCCC3CO)c2)n1. The van der Waals surface area contributed by atoms with Gasteiger partial charge in [-0.2, -0.15) is 0 Å². The van der Waals surface area contributed by atoms with Gasteiger partial charge in [-0.15, -0.1) is 0 Å². The Kier molecular flexibility index (Phi) is 5.08. The van der Waals surface area contributed by atoms with Crippen molar-refractivity contribution >= 4 is 11.9 Å². The minimum absolute atomic E-state index is 0.0140. The topological polar surface area (TPSA) is 108 Å². The number of nitrogens with zero attached hydrogens (tertiary/aromatic N) is 3. The number of nitrogens with two attached hydrogens (primary N) is 1.